The molecule has 15 heteroatoms. The van der Waals surface area contributed by atoms with Crippen molar-refractivity contribution in [3.8, 4) is 0 Å². The van der Waals surface area contributed by atoms with E-state index in [0.717, 1.165) is 18.3 Å². The summed E-state index contributed by atoms with van der Waals surface area (Å²) < 4.78 is 63.7. The van der Waals surface area contributed by atoms with E-state index < -0.39 is 70.7 Å². The number of nitrogens with zero attached hydrogens (tertiary/aromatic N) is 3. The van der Waals surface area contributed by atoms with Crippen molar-refractivity contribution in [2.24, 2.45) is 11.1 Å². The first-order valence-electron chi connectivity index (χ1n) is 10.9. The Bertz CT molecular complexity index is 1160. The van der Waals surface area contributed by atoms with Crippen LogP contribution < -0.4 is 5.32 Å². The Labute approximate surface area is 199 Å². The van der Waals surface area contributed by atoms with Crippen LogP contribution in [0.15, 0.2) is 10.5 Å². The second-order valence-electron chi connectivity index (χ2n) is 8.05. The molecule has 0 unspecified atom stereocenters. The highest BCUT2D eigenvalue weighted by Crippen LogP contribution is 2.40. The molecule has 2 heterocycles. The third kappa shape index (κ3) is 6.93. The first-order valence-corrected chi connectivity index (χ1v) is 11.6. The number of ketones is 1. The van der Waals surface area contributed by atoms with Gasteiger partial charge in [-0.2, -0.15) is 13.5 Å². The number of carbonyl (C=O) groups excluding carboxylic acids is 3. The summed E-state index contributed by atoms with van der Waals surface area (Å²) in [5.41, 5.74) is -3.46. The topological polar surface area (TPSA) is 174 Å². The number of hydrogen-bond donors (Lipinski definition) is 2. The quantitative estimate of drug-likeness (QED) is 0.152. The average molecular weight is 510 g/mol. The van der Waals surface area contributed by atoms with Crippen molar-refractivity contribution in [3.05, 3.63) is 11.1 Å². The van der Waals surface area contributed by atoms with Crippen LogP contribution >= 0.6 is 11.3 Å². The molecule has 1 aromatic rings. The number of esters is 1. The number of rotatable bonds is 10. The van der Waals surface area contributed by atoms with Gasteiger partial charge in [0, 0.05) is 23.0 Å². The molecule has 0 aliphatic carbocycles. The van der Waals surface area contributed by atoms with Gasteiger partial charge >= 0.3 is 16.4 Å². The van der Waals surface area contributed by atoms with E-state index in [-0.39, 0.29) is 10.8 Å². The van der Waals surface area contributed by atoms with Crippen LogP contribution in [0.3, 0.4) is 0 Å². The molecule has 1 saturated heterocycles. The van der Waals surface area contributed by atoms with Gasteiger partial charge in [0.2, 0.25) is 6.61 Å². The minimum Gasteiger partial charge on any atom is -0.457 e. The zero-order chi connectivity index (χ0) is 27.7. The van der Waals surface area contributed by atoms with Crippen molar-refractivity contribution in [3.63, 3.8) is 0 Å². The van der Waals surface area contributed by atoms with E-state index in [4.69, 9.17) is 18.2 Å². The lowest BCUT2D eigenvalue weighted by Gasteiger charge is -2.50. The lowest BCUT2D eigenvalue weighted by atomic mass is 9.74. The van der Waals surface area contributed by atoms with Crippen molar-refractivity contribution in [1.82, 2.24) is 10.0 Å². The summed E-state index contributed by atoms with van der Waals surface area (Å²) in [5, 5.41) is 8.30. The number of Topliss-reactive ketones (excluding diaryl/α,β-unsaturated/α-hetero) is 1. The average Bonchev–Trinajstić information content (AvgIpc) is 3.19. The molecule has 2 atom stereocenters. The summed E-state index contributed by atoms with van der Waals surface area (Å²) in [6.07, 6.45) is -0.750. The number of carbonyl (C=O) groups is 3. The molecule has 2 rings (SSSR count). The van der Waals surface area contributed by atoms with Gasteiger partial charge in [0.1, 0.15) is 11.3 Å². The number of oxime groups is 1. The fourth-order valence-electron chi connectivity index (χ4n) is 2.72. The highest BCUT2D eigenvalue weighted by atomic mass is 32.3. The van der Waals surface area contributed by atoms with Crippen LogP contribution in [0.1, 0.15) is 50.8 Å². The van der Waals surface area contributed by atoms with Crippen molar-refractivity contribution < 1.29 is 45.3 Å². The Hall–Kier alpha value is -2.62. The highest BCUT2D eigenvalue weighted by Gasteiger charge is 2.57. The minimum atomic E-state index is -5.23. The molecule has 184 valence electrons. The van der Waals surface area contributed by atoms with Gasteiger partial charge in [0.25, 0.3) is 5.91 Å². The van der Waals surface area contributed by atoms with E-state index in [2.05, 4.69) is 19.7 Å². The predicted molar refractivity (Wildman–Crippen MR) is 117 cm³/mol. The van der Waals surface area contributed by atoms with Crippen molar-refractivity contribution >= 4 is 50.2 Å². The molecule has 0 aromatic carbocycles. The molecular formula is C18H26N4O9S2. The van der Waals surface area contributed by atoms with E-state index in [1.807, 2.05) is 0 Å². The number of hydrogen-bond acceptors (Lipinski definition) is 12. The van der Waals surface area contributed by atoms with Crippen LogP contribution in [-0.4, -0.2) is 71.2 Å². The Morgan fingerprint density at radius 1 is 1.45 bits per heavy atom. The SMILES string of the molecule is [2H]C([2H])([2H])[C@@]1(C)[C@H](CC(=O)/C(=N\OCC(=O)OC(C)(C)C)c2csc(NC)n2)C(=O)N1OS(=O)(=O)O. The zero-order valence-electron chi connectivity index (χ0n) is 21.4. The van der Waals surface area contributed by atoms with Gasteiger partial charge in [0.15, 0.2) is 16.6 Å². The third-order valence-corrected chi connectivity index (χ3v) is 5.34. The number of hydroxylamine groups is 2. The molecule has 0 radical (unpaired) electrons. The molecule has 1 fully saturated rings. The molecule has 33 heavy (non-hydrogen) atoms. The molecule has 13 nitrogen and oxygen atoms in total. The van der Waals surface area contributed by atoms with Gasteiger partial charge in [-0.3, -0.25) is 14.1 Å². The van der Waals surface area contributed by atoms with E-state index in [1.165, 1.54) is 5.38 Å². The van der Waals surface area contributed by atoms with Crippen LogP contribution in [0, 0.1) is 5.92 Å². The normalized spacial score (nSPS) is 23.2. The van der Waals surface area contributed by atoms with Gasteiger partial charge in [-0.15, -0.1) is 15.6 Å². The van der Waals surface area contributed by atoms with Crippen molar-refractivity contribution in [1.29, 1.82) is 0 Å². The van der Waals surface area contributed by atoms with E-state index in [1.54, 1.807) is 27.8 Å². The summed E-state index contributed by atoms with van der Waals surface area (Å²) in [6, 6.07) is 0. The number of amides is 1. The Balaban J connectivity index is 2.32. The van der Waals surface area contributed by atoms with Crippen LogP contribution in [0.5, 0.6) is 0 Å². The first-order chi connectivity index (χ1) is 16.3. The zero-order valence-corrected chi connectivity index (χ0v) is 20.1. The van der Waals surface area contributed by atoms with Crippen molar-refractivity contribution in [2.45, 2.75) is 52.1 Å². The monoisotopic (exact) mass is 509 g/mol. The van der Waals surface area contributed by atoms with Crippen LogP contribution in [0.4, 0.5) is 5.13 Å². The fourth-order valence-corrected chi connectivity index (χ4v) is 3.79. The Kier molecular flexibility index (Phi) is 6.52. The summed E-state index contributed by atoms with van der Waals surface area (Å²) in [5.74, 6) is -4.39. The number of thiazole rings is 1. The molecule has 1 aromatic heterocycles. The van der Waals surface area contributed by atoms with E-state index >= 15 is 0 Å². The second-order valence-corrected chi connectivity index (χ2v) is 9.91. The number of ether oxygens (including phenoxy) is 1. The van der Waals surface area contributed by atoms with Crippen molar-refractivity contribution in [2.75, 3.05) is 19.0 Å². The molecule has 1 aliphatic rings. The lowest BCUT2D eigenvalue weighted by molar-refractivity contribution is -0.228. The summed E-state index contributed by atoms with van der Waals surface area (Å²) >= 11 is 1.11. The van der Waals surface area contributed by atoms with E-state index in [9.17, 15) is 22.8 Å². The number of β-lactam (4-membered cyclic amide) rings is 1. The second kappa shape index (κ2) is 9.70. The largest absolute Gasteiger partial charge is 0.457 e. The maximum atomic E-state index is 13.2. The maximum Gasteiger partial charge on any atom is 0.418 e. The number of anilines is 1. The third-order valence-electron chi connectivity index (χ3n) is 4.14. The number of nitrogens with one attached hydrogen (secondary N) is 1. The Morgan fingerprint density at radius 3 is 2.64 bits per heavy atom. The number of aromatic nitrogens is 1. The van der Waals surface area contributed by atoms with Gasteiger partial charge in [0.05, 0.1) is 11.5 Å². The van der Waals surface area contributed by atoms with Crippen LogP contribution in [0.25, 0.3) is 0 Å². The maximum absolute atomic E-state index is 13.2. The first kappa shape index (κ1) is 22.2. The van der Waals surface area contributed by atoms with Gasteiger partial charge in [-0.25, -0.2) is 9.78 Å². The molecule has 0 bridgehead atoms. The van der Waals surface area contributed by atoms with Crippen LogP contribution in [0.2, 0.25) is 0 Å². The Morgan fingerprint density at radius 2 is 2.12 bits per heavy atom. The standard InChI is InChI=1S/C18H26N4O9S2/c1-17(2,3)30-13(24)8-29-21-14(11-9-32-16(19-6)20-11)12(23)7-10-15(25)22(18(10,4)5)31-33(26,27)28/h9-10H,7-8H2,1-6H3,(H,19,20)(H,26,27,28)/b21-14-/t10-/m1/s1/i4D3/t10-,18-. The van der Waals surface area contributed by atoms with Crippen LogP contribution in [-0.2, 0) is 38.6 Å². The summed E-state index contributed by atoms with van der Waals surface area (Å²) in [6.45, 7) is 2.25. The highest BCUT2D eigenvalue weighted by molar-refractivity contribution is 7.80. The summed E-state index contributed by atoms with van der Waals surface area (Å²) in [7, 11) is -3.64. The predicted octanol–water partition coefficient (Wildman–Crippen LogP) is 1.18. The molecule has 1 aliphatic heterocycles. The van der Waals surface area contributed by atoms with Gasteiger partial charge in [-0.05, 0) is 34.5 Å². The van der Waals surface area contributed by atoms with E-state index in [0.29, 0.717) is 5.13 Å². The molecule has 0 saturated carbocycles. The molecule has 1 amide bonds. The molecular weight excluding hydrogens is 480 g/mol. The minimum absolute atomic E-state index is 0.00501. The summed E-state index contributed by atoms with van der Waals surface area (Å²) in [4.78, 5) is 46.7. The fraction of sp³-hybridized carbons (Fsp3) is 0.611. The van der Waals surface area contributed by atoms with Gasteiger partial charge < -0.3 is 14.9 Å². The van der Waals surface area contributed by atoms with Gasteiger partial charge in [-0.1, -0.05) is 5.16 Å². The smallest absolute Gasteiger partial charge is 0.418 e. The molecule has 2 N–H and O–H groups in total. The lowest BCUT2D eigenvalue weighted by Crippen LogP contribution is -2.68. The molecule has 0 spiro atoms.